The number of Topliss-reactive ketones (excluding diaryl/α,β-unsaturated/α-hetero) is 2. The van der Waals surface area contributed by atoms with E-state index in [1.54, 1.807) is 0 Å². The summed E-state index contributed by atoms with van der Waals surface area (Å²) >= 11 is 0. The van der Waals surface area contributed by atoms with Gasteiger partial charge in [-0.05, 0) is 77.0 Å². The first-order chi connectivity index (χ1) is 26.9. The molecule has 0 saturated carbocycles. The van der Waals surface area contributed by atoms with Crippen molar-refractivity contribution in [2.45, 2.75) is 184 Å². The van der Waals surface area contributed by atoms with Gasteiger partial charge in [-0.25, -0.2) is 0 Å². The van der Waals surface area contributed by atoms with Crippen LogP contribution >= 0.6 is 0 Å². The molecule has 11 heteroatoms. The quantitative estimate of drug-likeness (QED) is 0.0297. The number of unbranched alkanes of at least 4 members (excludes halogenated alkanes) is 10. The minimum Gasteiger partial charge on any atom is -0.394 e. The van der Waals surface area contributed by atoms with Crippen LogP contribution in [0.1, 0.15) is 142 Å². The van der Waals surface area contributed by atoms with Gasteiger partial charge in [0.15, 0.2) is 17.2 Å². The number of carbonyl (C=O) groups is 2. The predicted octanol–water partition coefficient (Wildman–Crippen LogP) is 5.92. The van der Waals surface area contributed by atoms with Crippen LogP contribution in [0.2, 0.25) is 0 Å². The summed E-state index contributed by atoms with van der Waals surface area (Å²) in [5.74, 6) is -5.99. The highest BCUT2D eigenvalue weighted by Crippen LogP contribution is 2.48. The van der Waals surface area contributed by atoms with E-state index in [4.69, 9.17) is 4.74 Å². The van der Waals surface area contributed by atoms with Gasteiger partial charge in [0.1, 0.15) is 24.4 Å². The first-order valence-corrected chi connectivity index (χ1v) is 21.0. The topological polar surface area (TPSA) is 205 Å². The summed E-state index contributed by atoms with van der Waals surface area (Å²) in [7, 11) is 0. The van der Waals surface area contributed by atoms with Crippen molar-refractivity contribution in [3.63, 3.8) is 0 Å². The molecular weight excluding hydrogens is 716 g/mol. The van der Waals surface area contributed by atoms with Crippen molar-refractivity contribution in [2.24, 2.45) is 0 Å². The summed E-state index contributed by atoms with van der Waals surface area (Å²) in [5.41, 5.74) is -7.19. The fourth-order valence-corrected chi connectivity index (χ4v) is 6.90. The first-order valence-electron chi connectivity index (χ1n) is 21.0. The maximum absolute atomic E-state index is 13.9. The first kappa shape index (κ1) is 51.4. The Morgan fingerprint density at radius 2 is 0.982 bits per heavy atom. The molecule has 1 aliphatic rings. The van der Waals surface area contributed by atoms with E-state index in [9.17, 15) is 50.4 Å². The lowest BCUT2D eigenvalue weighted by Gasteiger charge is -2.58. The number of allylic oxidation sites excluding steroid dienone is 12. The van der Waals surface area contributed by atoms with Crippen LogP contribution in [0.5, 0.6) is 0 Å². The molecule has 0 spiro atoms. The summed E-state index contributed by atoms with van der Waals surface area (Å²) in [6, 6.07) is 0. The Balaban J connectivity index is 2.86. The molecule has 0 aromatic rings. The van der Waals surface area contributed by atoms with E-state index in [0.29, 0.717) is 12.8 Å². The van der Waals surface area contributed by atoms with Crippen molar-refractivity contribution in [3.8, 4) is 0 Å². The SMILES string of the molecule is CC/C=C/C/C=C/C/C=C/CCCCCCCC(=O)[C@@]1(O)[C@@](O)(C(=O)CCCCCCC/C=C/C/C=C/C/C=C/CC)O[C@H](CO)[C@H](O)[C@@]1(O)C(O)C(O)CO. The third-order valence-electron chi connectivity index (χ3n) is 10.3. The van der Waals surface area contributed by atoms with Crippen LogP contribution < -0.4 is 0 Å². The normalized spacial score (nSPS) is 25.9. The van der Waals surface area contributed by atoms with E-state index in [-0.39, 0.29) is 12.8 Å². The minimum atomic E-state index is -3.67. The number of aliphatic hydroxyl groups excluding tert-OH is 5. The van der Waals surface area contributed by atoms with E-state index in [2.05, 4.69) is 86.8 Å². The van der Waals surface area contributed by atoms with Gasteiger partial charge >= 0.3 is 0 Å². The van der Waals surface area contributed by atoms with Crippen molar-refractivity contribution >= 4 is 11.6 Å². The largest absolute Gasteiger partial charge is 0.394 e. The van der Waals surface area contributed by atoms with Gasteiger partial charge in [-0.3, -0.25) is 9.59 Å². The summed E-state index contributed by atoms with van der Waals surface area (Å²) in [6.45, 7) is 1.95. The third-order valence-corrected chi connectivity index (χ3v) is 10.3. The number of ether oxygens (including phenoxy) is 1. The maximum atomic E-state index is 13.9. The van der Waals surface area contributed by atoms with Gasteiger partial charge in [0.25, 0.3) is 5.79 Å². The second kappa shape index (κ2) is 29.6. The fraction of sp³-hybridized carbons (Fsp3) is 0.689. The summed E-state index contributed by atoms with van der Waals surface area (Å²) in [5, 5.41) is 87.7. The van der Waals surface area contributed by atoms with Crippen LogP contribution in [0.15, 0.2) is 72.9 Å². The molecule has 56 heavy (non-hydrogen) atoms. The molecule has 11 nitrogen and oxygen atoms in total. The summed E-state index contributed by atoms with van der Waals surface area (Å²) in [4.78, 5) is 27.6. The Morgan fingerprint density at radius 3 is 1.41 bits per heavy atom. The smallest absolute Gasteiger partial charge is 0.267 e. The highest BCUT2D eigenvalue weighted by atomic mass is 16.7. The average Bonchev–Trinajstić information content (AvgIpc) is 3.20. The molecule has 1 fully saturated rings. The lowest BCUT2D eigenvalue weighted by atomic mass is 9.61. The minimum absolute atomic E-state index is 0.176. The van der Waals surface area contributed by atoms with Crippen molar-refractivity contribution in [1.29, 1.82) is 0 Å². The molecule has 8 N–H and O–H groups in total. The Bertz CT molecular complexity index is 1250. The van der Waals surface area contributed by atoms with Crippen LogP contribution in [0.4, 0.5) is 0 Å². The molecular formula is C45H74O11. The van der Waals surface area contributed by atoms with Gasteiger partial charge in [-0.15, -0.1) is 0 Å². The van der Waals surface area contributed by atoms with Crippen molar-refractivity contribution in [1.82, 2.24) is 0 Å². The van der Waals surface area contributed by atoms with Crippen LogP contribution in [0.3, 0.4) is 0 Å². The Morgan fingerprint density at radius 1 is 0.589 bits per heavy atom. The number of rotatable bonds is 32. The van der Waals surface area contributed by atoms with Gasteiger partial charge in [0.2, 0.25) is 5.60 Å². The Hall–Kier alpha value is -2.58. The number of carbonyl (C=O) groups excluding carboxylic acids is 2. The third kappa shape index (κ3) is 16.0. The summed E-state index contributed by atoms with van der Waals surface area (Å²) in [6.07, 6.45) is 29.5. The molecule has 0 amide bonds. The number of hydrogen-bond donors (Lipinski definition) is 8. The molecule has 1 aliphatic heterocycles. The zero-order valence-electron chi connectivity index (χ0n) is 34.1. The van der Waals surface area contributed by atoms with Crippen LogP contribution in [-0.4, -0.2) is 107 Å². The predicted molar refractivity (Wildman–Crippen MR) is 220 cm³/mol. The molecule has 1 saturated heterocycles. The van der Waals surface area contributed by atoms with Crippen molar-refractivity contribution in [3.05, 3.63) is 72.9 Å². The Kier molecular flexibility index (Phi) is 27.2. The molecule has 0 aliphatic carbocycles. The molecule has 1 rings (SSSR count). The molecule has 0 radical (unpaired) electrons. The number of aliphatic hydroxyl groups is 8. The molecule has 7 atom stereocenters. The Labute approximate surface area is 335 Å². The lowest BCUT2D eigenvalue weighted by molar-refractivity contribution is -0.402. The van der Waals surface area contributed by atoms with Gasteiger partial charge in [-0.1, -0.05) is 125 Å². The van der Waals surface area contributed by atoms with Crippen LogP contribution in [0.25, 0.3) is 0 Å². The van der Waals surface area contributed by atoms with Crippen molar-refractivity contribution < 1.29 is 55.2 Å². The lowest BCUT2D eigenvalue weighted by Crippen LogP contribution is -2.87. The number of hydrogen-bond acceptors (Lipinski definition) is 11. The van der Waals surface area contributed by atoms with Gasteiger partial charge in [0.05, 0.1) is 13.2 Å². The van der Waals surface area contributed by atoms with Gasteiger partial charge in [0, 0.05) is 12.8 Å². The van der Waals surface area contributed by atoms with Gasteiger partial charge < -0.3 is 45.6 Å². The van der Waals surface area contributed by atoms with Crippen LogP contribution in [0, 0.1) is 0 Å². The van der Waals surface area contributed by atoms with E-state index in [1.807, 2.05) is 0 Å². The molecule has 0 aromatic carbocycles. The van der Waals surface area contributed by atoms with E-state index >= 15 is 0 Å². The summed E-state index contributed by atoms with van der Waals surface area (Å²) < 4.78 is 5.39. The molecule has 0 bridgehead atoms. The van der Waals surface area contributed by atoms with Gasteiger partial charge in [-0.2, -0.15) is 0 Å². The molecule has 320 valence electrons. The van der Waals surface area contributed by atoms with Crippen LogP contribution in [-0.2, 0) is 14.3 Å². The second-order valence-corrected chi connectivity index (χ2v) is 14.7. The average molecular weight is 791 g/mol. The fourth-order valence-electron chi connectivity index (χ4n) is 6.90. The van der Waals surface area contributed by atoms with E-state index < -0.39 is 79.0 Å². The van der Waals surface area contributed by atoms with Crippen molar-refractivity contribution in [2.75, 3.05) is 13.2 Å². The molecule has 0 aromatic heterocycles. The number of ketones is 2. The zero-order valence-corrected chi connectivity index (χ0v) is 34.1. The second-order valence-electron chi connectivity index (χ2n) is 14.7. The monoisotopic (exact) mass is 791 g/mol. The standard InChI is InChI=1S/C45H74O11/c1-3-5-7-9-11-13-15-17-19-21-23-25-27-29-31-33-39(49)44(54)43(53,41(51)37(48)35-46)42(52)38(36-47)56-45(44,55)40(50)34-32-30-28-26-24-22-20-18-16-14-12-10-8-6-4-2/h5-8,11-14,17-20,37-38,41-42,46-48,51-55H,3-4,9-10,15-16,21-36H2,1-2H3/b7-5+,8-6+,13-11+,14-12+,19-17+,20-18+/t37?,38-,41?,42+,43+,44+,45-/m1/s1. The van der Waals surface area contributed by atoms with E-state index in [1.165, 1.54) is 0 Å². The highest BCUT2D eigenvalue weighted by Gasteiger charge is 2.79. The zero-order chi connectivity index (χ0) is 41.7. The van der Waals surface area contributed by atoms with E-state index in [0.717, 1.165) is 89.9 Å². The maximum Gasteiger partial charge on any atom is 0.267 e. The molecule has 1 heterocycles. The highest BCUT2D eigenvalue weighted by molar-refractivity contribution is 5.99. The molecule has 2 unspecified atom stereocenters.